The molecule has 1 aliphatic carbocycles. The molecule has 0 radical (unpaired) electrons. The molecule has 1 aromatic heterocycles. The van der Waals surface area contributed by atoms with Gasteiger partial charge in [0, 0.05) is 18.8 Å². The van der Waals surface area contributed by atoms with E-state index in [0.29, 0.717) is 12.6 Å². The highest BCUT2D eigenvalue weighted by atomic mass is 16.7. The fourth-order valence-electron chi connectivity index (χ4n) is 3.35. The first-order valence-corrected chi connectivity index (χ1v) is 8.19. The molecule has 0 spiro atoms. The van der Waals surface area contributed by atoms with Crippen LogP contribution in [0.5, 0.6) is 0 Å². The fraction of sp³-hybridized carbons (Fsp3) is 0.353. The number of anilines is 1. The van der Waals surface area contributed by atoms with Gasteiger partial charge in [0.2, 0.25) is 0 Å². The van der Waals surface area contributed by atoms with Crippen molar-refractivity contribution in [2.75, 3.05) is 18.7 Å². The molecule has 1 fully saturated rings. The largest absolute Gasteiger partial charge is 0.287 e. The molecule has 0 amide bonds. The van der Waals surface area contributed by atoms with Gasteiger partial charge in [-0.1, -0.05) is 6.07 Å². The Labute approximate surface area is 140 Å². The van der Waals surface area contributed by atoms with Gasteiger partial charge in [0.05, 0.1) is 13.3 Å². The summed E-state index contributed by atoms with van der Waals surface area (Å²) in [6.07, 6.45) is 9.34. The predicted molar refractivity (Wildman–Crippen MR) is 87.7 cm³/mol. The number of aromatic nitrogens is 1. The number of rotatable bonds is 3. The van der Waals surface area contributed by atoms with Crippen molar-refractivity contribution in [1.82, 2.24) is 14.9 Å². The zero-order valence-corrected chi connectivity index (χ0v) is 13.5. The molecule has 0 N–H and O–H groups in total. The van der Waals surface area contributed by atoms with E-state index in [2.05, 4.69) is 31.2 Å². The van der Waals surface area contributed by atoms with Crippen LogP contribution in [0, 0.1) is 5.92 Å². The molecule has 7 nitrogen and oxygen atoms in total. The molecule has 122 valence electrons. The van der Waals surface area contributed by atoms with Crippen molar-refractivity contribution in [2.45, 2.75) is 19.3 Å². The summed E-state index contributed by atoms with van der Waals surface area (Å²) < 4.78 is 0. The average molecular weight is 322 g/mol. The van der Waals surface area contributed by atoms with Crippen LogP contribution in [0.3, 0.4) is 0 Å². The molecule has 24 heavy (non-hydrogen) atoms. The van der Waals surface area contributed by atoms with Gasteiger partial charge >= 0.3 is 0 Å². The Balaban J connectivity index is 1.59. The Bertz CT molecular complexity index is 793. The lowest BCUT2D eigenvalue weighted by molar-refractivity contribution is -0.0952. The first-order chi connectivity index (χ1) is 11.8. The summed E-state index contributed by atoms with van der Waals surface area (Å²) in [6, 6.07) is 5.97. The van der Waals surface area contributed by atoms with E-state index in [1.807, 2.05) is 30.6 Å². The molecule has 0 unspecified atom stereocenters. The van der Waals surface area contributed by atoms with Crippen molar-refractivity contribution in [1.29, 1.82) is 0 Å². The van der Waals surface area contributed by atoms with Gasteiger partial charge in [-0.25, -0.2) is 10.0 Å². The number of hydrogen-bond donors (Lipinski definition) is 0. The van der Waals surface area contributed by atoms with Gasteiger partial charge in [-0.05, 0) is 36.5 Å². The quantitative estimate of drug-likeness (QED) is 0.855. The average Bonchev–Trinajstić information content (AvgIpc) is 3.40. The lowest BCUT2D eigenvalue weighted by atomic mass is 10.0. The Morgan fingerprint density at radius 2 is 2.08 bits per heavy atom. The van der Waals surface area contributed by atoms with Crippen LogP contribution >= 0.6 is 0 Å². The van der Waals surface area contributed by atoms with Crippen LogP contribution in [0.25, 0.3) is 0 Å². The Kier molecular flexibility index (Phi) is 2.96. The fourth-order valence-corrected chi connectivity index (χ4v) is 3.35. The number of hydrogen-bond acceptors (Lipinski definition) is 7. The minimum Gasteiger partial charge on any atom is -0.287 e. The van der Waals surface area contributed by atoms with Gasteiger partial charge < -0.3 is 0 Å². The van der Waals surface area contributed by atoms with Crippen molar-refractivity contribution in [2.24, 2.45) is 16.1 Å². The summed E-state index contributed by atoms with van der Waals surface area (Å²) in [5.41, 5.74) is 2.42. The molecule has 7 heteroatoms. The third-order valence-electron chi connectivity index (χ3n) is 4.73. The van der Waals surface area contributed by atoms with Crippen molar-refractivity contribution < 1.29 is 4.84 Å². The Morgan fingerprint density at radius 1 is 1.17 bits per heavy atom. The molecular weight excluding hydrogens is 304 g/mol. The maximum Gasteiger partial charge on any atom is 0.177 e. The Hall–Kier alpha value is -2.67. The molecule has 0 bridgehead atoms. The van der Waals surface area contributed by atoms with E-state index in [-0.39, 0.29) is 0 Å². The Morgan fingerprint density at radius 3 is 2.83 bits per heavy atom. The standard InChI is InChI=1S/C17H18N6O/c1-24-21-10-16-20-19-14-8-13(12-5-6-12)9-22(17(14)23(16)11-21)15-4-2-3-7-18-15/h2-4,7,9-10,12H,5-6,8,11H2,1H3. The molecule has 0 atom stereocenters. The second-order valence-electron chi connectivity index (χ2n) is 6.34. The summed E-state index contributed by atoms with van der Waals surface area (Å²) >= 11 is 0. The summed E-state index contributed by atoms with van der Waals surface area (Å²) in [6.45, 7) is 0.597. The smallest absolute Gasteiger partial charge is 0.177 e. The zero-order valence-electron chi connectivity index (χ0n) is 13.5. The second kappa shape index (κ2) is 5.17. The van der Waals surface area contributed by atoms with Crippen LogP contribution in [-0.2, 0) is 4.84 Å². The monoisotopic (exact) mass is 322 g/mol. The van der Waals surface area contributed by atoms with Crippen molar-refractivity contribution in [3.8, 4) is 0 Å². The third kappa shape index (κ3) is 2.12. The topological polar surface area (TPSA) is 56.6 Å². The minimum absolute atomic E-state index is 0.597. The van der Waals surface area contributed by atoms with Gasteiger partial charge in [-0.2, -0.15) is 0 Å². The molecule has 1 saturated carbocycles. The van der Waals surface area contributed by atoms with Crippen LogP contribution in [-0.4, -0.2) is 28.7 Å². The predicted octanol–water partition coefficient (Wildman–Crippen LogP) is 3.16. The van der Waals surface area contributed by atoms with Crippen LogP contribution in [0.1, 0.15) is 19.3 Å². The van der Waals surface area contributed by atoms with E-state index >= 15 is 0 Å². The molecule has 0 saturated heterocycles. The number of nitrogens with zero attached hydrogens (tertiary/aromatic N) is 6. The van der Waals surface area contributed by atoms with E-state index < -0.39 is 0 Å². The SMILES string of the molecule is CON1C=C2N=NC3=C(N2C1)N(c1ccccn1)C=C(C1CC1)C3. The number of azo groups is 1. The van der Waals surface area contributed by atoms with E-state index in [4.69, 9.17) is 4.84 Å². The van der Waals surface area contributed by atoms with Gasteiger partial charge in [0.1, 0.15) is 24.0 Å². The molecule has 3 aliphatic heterocycles. The molecule has 4 aliphatic rings. The number of fused-ring (bicyclic) bond motifs is 2. The second-order valence-corrected chi connectivity index (χ2v) is 6.34. The summed E-state index contributed by atoms with van der Waals surface area (Å²) in [5, 5.41) is 10.6. The van der Waals surface area contributed by atoms with Crippen LogP contribution in [0.2, 0.25) is 0 Å². The van der Waals surface area contributed by atoms with Crippen molar-refractivity contribution >= 4 is 5.82 Å². The molecule has 0 aromatic carbocycles. The summed E-state index contributed by atoms with van der Waals surface area (Å²) in [4.78, 5) is 14.2. The highest BCUT2D eigenvalue weighted by Crippen LogP contribution is 2.45. The zero-order chi connectivity index (χ0) is 16.1. The first kappa shape index (κ1) is 13.7. The van der Waals surface area contributed by atoms with Gasteiger partial charge in [-0.3, -0.25) is 14.6 Å². The highest BCUT2D eigenvalue weighted by Gasteiger charge is 2.38. The number of hydroxylamine groups is 2. The maximum absolute atomic E-state index is 5.33. The van der Waals surface area contributed by atoms with Crippen molar-refractivity contribution in [3.05, 3.63) is 59.7 Å². The minimum atomic E-state index is 0.597. The summed E-state index contributed by atoms with van der Waals surface area (Å²) in [7, 11) is 1.66. The molecule has 4 heterocycles. The number of pyridine rings is 1. The van der Waals surface area contributed by atoms with Gasteiger partial charge in [0.15, 0.2) is 5.82 Å². The maximum atomic E-state index is 5.33. The molecule has 5 rings (SSSR count). The van der Waals surface area contributed by atoms with Crippen LogP contribution in [0.15, 0.2) is 69.9 Å². The molecular formula is C17H18N6O. The first-order valence-electron chi connectivity index (χ1n) is 8.19. The van der Waals surface area contributed by atoms with E-state index in [1.54, 1.807) is 12.2 Å². The van der Waals surface area contributed by atoms with Crippen LogP contribution in [0.4, 0.5) is 5.82 Å². The highest BCUT2D eigenvalue weighted by molar-refractivity contribution is 5.55. The van der Waals surface area contributed by atoms with E-state index in [1.165, 1.54) is 18.4 Å². The normalized spacial score (nSPS) is 22.5. The lowest BCUT2D eigenvalue weighted by Crippen LogP contribution is -2.37. The van der Waals surface area contributed by atoms with Gasteiger partial charge in [-0.15, -0.1) is 10.2 Å². The molecule has 1 aromatic rings. The summed E-state index contributed by atoms with van der Waals surface area (Å²) in [5.74, 6) is 3.40. The van der Waals surface area contributed by atoms with Crippen LogP contribution < -0.4 is 4.90 Å². The van der Waals surface area contributed by atoms with Crippen molar-refractivity contribution in [3.63, 3.8) is 0 Å². The third-order valence-corrected chi connectivity index (χ3v) is 4.73. The van der Waals surface area contributed by atoms with Gasteiger partial charge in [0.25, 0.3) is 0 Å². The number of allylic oxidation sites excluding steroid dienone is 1. The van der Waals surface area contributed by atoms with E-state index in [0.717, 1.165) is 29.6 Å². The van der Waals surface area contributed by atoms with E-state index in [9.17, 15) is 0 Å². The lowest BCUT2D eigenvalue weighted by Gasteiger charge is -2.37.